The molecule has 0 saturated carbocycles. The molecule has 0 spiro atoms. The van der Waals surface area contributed by atoms with E-state index in [1.165, 1.54) is 0 Å². The minimum Gasteiger partial charge on any atom is -0.497 e. The Morgan fingerprint density at radius 3 is 2.71 bits per heavy atom. The molecule has 2 rings (SSSR count). The summed E-state index contributed by atoms with van der Waals surface area (Å²) in [7, 11) is 3.10. The molecule has 0 unspecified atom stereocenters. The van der Waals surface area contributed by atoms with Crippen LogP contribution < -0.4 is 14.8 Å². The highest BCUT2D eigenvalue weighted by Crippen LogP contribution is 2.28. The van der Waals surface area contributed by atoms with Crippen molar-refractivity contribution in [1.82, 2.24) is 10.2 Å². The number of anilines is 1. The summed E-state index contributed by atoms with van der Waals surface area (Å²) in [5.41, 5.74) is 0.559. The van der Waals surface area contributed by atoms with Gasteiger partial charge in [0.1, 0.15) is 11.5 Å². The van der Waals surface area contributed by atoms with Crippen LogP contribution in [0.4, 0.5) is 5.69 Å². The molecule has 0 aliphatic heterocycles. The molecular weight excluding hydrogens is 274 g/mol. The number of rotatable bonds is 6. The number of hydrogen-bond acceptors (Lipinski definition) is 6. The molecule has 0 saturated heterocycles. The lowest BCUT2D eigenvalue weighted by molar-refractivity contribution is -0.116. The van der Waals surface area contributed by atoms with Gasteiger partial charge in [0, 0.05) is 25.8 Å². The van der Waals surface area contributed by atoms with Crippen molar-refractivity contribution >= 4 is 11.6 Å². The highest BCUT2D eigenvalue weighted by Gasteiger charge is 2.11. The van der Waals surface area contributed by atoms with Crippen molar-refractivity contribution in [3.05, 3.63) is 30.0 Å². The van der Waals surface area contributed by atoms with Crippen molar-refractivity contribution in [1.29, 1.82) is 0 Å². The number of aryl methyl sites for hydroxylation is 2. The first-order valence-electron chi connectivity index (χ1n) is 6.43. The molecule has 1 N–H and O–H groups in total. The fraction of sp³-hybridized carbons (Fsp3) is 0.357. The molecule has 1 aromatic heterocycles. The maximum atomic E-state index is 12.0. The van der Waals surface area contributed by atoms with E-state index in [1.54, 1.807) is 39.3 Å². The van der Waals surface area contributed by atoms with E-state index >= 15 is 0 Å². The molecule has 7 heteroatoms. The molecule has 1 amide bonds. The number of carbonyl (C=O) groups excluding carboxylic acids is 1. The average molecular weight is 291 g/mol. The third kappa shape index (κ3) is 3.95. The van der Waals surface area contributed by atoms with Crippen LogP contribution in [-0.2, 0) is 11.2 Å². The van der Waals surface area contributed by atoms with Crippen LogP contribution in [0.2, 0.25) is 0 Å². The molecular formula is C14H17N3O4. The van der Waals surface area contributed by atoms with Gasteiger partial charge in [0.25, 0.3) is 0 Å². The maximum absolute atomic E-state index is 12.0. The molecule has 1 aromatic carbocycles. The Labute approximate surface area is 122 Å². The maximum Gasteiger partial charge on any atom is 0.224 e. The number of nitrogens with zero attached hydrogens (tertiary/aromatic N) is 2. The van der Waals surface area contributed by atoms with E-state index in [1.807, 2.05) is 0 Å². The van der Waals surface area contributed by atoms with Crippen LogP contribution in [0.3, 0.4) is 0 Å². The van der Waals surface area contributed by atoms with Crippen molar-refractivity contribution in [3.63, 3.8) is 0 Å². The third-order valence-electron chi connectivity index (χ3n) is 2.81. The van der Waals surface area contributed by atoms with Gasteiger partial charge in [-0.05, 0) is 12.1 Å². The Hall–Kier alpha value is -2.57. The molecule has 0 radical (unpaired) electrons. The van der Waals surface area contributed by atoms with Crippen LogP contribution in [-0.4, -0.2) is 30.3 Å². The zero-order chi connectivity index (χ0) is 15.2. The Kier molecular flexibility index (Phi) is 4.76. The van der Waals surface area contributed by atoms with Crippen LogP contribution in [0.1, 0.15) is 18.2 Å². The number of nitrogens with one attached hydrogen (secondary N) is 1. The molecule has 2 aromatic rings. The summed E-state index contributed by atoms with van der Waals surface area (Å²) in [5, 5.41) is 10.3. The predicted octanol–water partition coefficient (Wildman–Crippen LogP) is 1.97. The van der Waals surface area contributed by atoms with Crippen molar-refractivity contribution in [2.24, 2.45) is 0 Å². The lowest BCUT2D eigenvalue weighted by Crippen LogP contribution is -2.13. The van der Waals surface area contributed by atoms with Gasteiger partial charge in [-0.1, -0.05) is 0 Å². The standard InChI is InChI=1S/C14H17N3O4/c1-9-16-17-14(21-9)7-6-13(18)15-11-8-10(19-2)4-5-12(11)20-3/h4-5,8H,6-7H2,1-3H3,(H,15,18). The number of amides is 1. The summed E-state index contributed by atoms with van der Waals surface area (Å²) in [6.07, 6.45) is 0.626. The van der Waals surface area contributed by atoms with Gasteiger partial charge < -0.3 is 19.2 Å². The van der Waals surface area contributed by atoms with Gasteiger partial charge in [-0.25, -0.2) is 0 Å². The summed E-state index contributed by atoms with van der Waals surface area (Å²) < 4.78 is 15.5. The Balaban J connectivity index is 1.98. The van der Waals surface area contributed by atoms with E-state index in [2.05, 4.69) is 15.5 Å². The lowest BCUT2D eigenvalue weighted by atomic mass is 10.2. The summed E-state index contributed by atoms with van der Waals surface area (Å²) in [6.45, 7) is 1.71. The van der Waals surface area contributed by atoms with E-state index in [4.69, 9.17) is 13.9 Å². The third-order valence-corrected chi connectivity index (χ3v) is 2.81. The van der Waals surface area contributed by atoms with Crippen molar-refractivity contribution in [2.75, 3.05) is 19.5 Å². The van der Waals surface area contributed by atoms with Gasteiger partial charge >= 0.3 is 0 Å². The number of aromatic nitrogens is 2. The van der Waals surface area contributed by atoms with Gasteiger partial charge in [0.15, 0.2) is 0 Å². The number of ether oxygens (including phenoxy) is 2. The smallest absolute Gasteiger partial charge is 0.224 e. The van der Waals surface area contributed by atoms with Crippen LogP contribution >= 0.6 is 0 Å². The zero-order valence-electron chi connectivity index (χ0n) is 12.2. The van der Waals surface area contributed by atoms with Gasteiger partial charge in [-0.2, -0.15) is 0 Å². The molecule has 1 heterocycles. The highest BCUT2D eigenvalue weighted by atomic mass is 16.5. The fourth-order valence-electron chi connectivity index (χ4n) is 1.78. The van der Waals surface area contributed by atoms with Crippen molar-refractivity contribution in [2.45, 2.75) is 19.8 Å². The SMILES string of the molecule is COc1ccc(OC)c(NC(=O)CCc2nnc(C)o2)c1. The molecule has 112 valence electrons. The van der Waals surface area contributed by atoms with Crippen LogP contribution in [0, 0.1) is 6.92 Å². The minimum atomic E-state index is -0.169. The van der Waals surface area contributed by atoms with E-state index < -0.39 is 0 Å². The average Bonchev–Trinajstić information content (AvgIpc) is 2.90. The molecule has 21 heavy (non-hydrogen) atoms. The first-order chi connectivity index (χ1) is 10.1. The second-order valence-corrected chi connectivity index (χ2v) is 4.33. The number of methoxy groups -OCH3 is 2. The molecule has 0 fully saturated rings. The molecule has 7 nitrogen and oxygen atoms in total. The van der Waals surface area contributed by atoms with E-state index in [0.29, 0.717) is 35.4 Å². The van der Waals surface area contributed by atoms with Gasteiger partial charge in [0.05, 0.1) is 19.9 Å². The quantitative estimate of drug-likeness (QED) is 0.875. The Bertz CT molecular complexity index is 624. The van der Waals surface area contributed by atoms with Crippen molar-refractivity contribution in [3.8, 4) is 11.5 Å². The van der Waals surface area contributed by atoms with Crippen LogP contribution in [0.15, 0.2) is 22.6 Å². The lowest BCUT2D eigenvalue weighted by Gasteiger charge is -2.11. The summed E-state index contributed by atoms with van der Waals surface area (Å²) in [6, 6.07) is 5.19. The first kappa shape index (κ1) is 14.8. The minimum absolute atomic E-state index is 0.169. The van der Waals surface area contributed by atoms with Gasteiger partial charge in [-0.15, -0.1) is 10.2 Å². The highest BCUT2D eigenvalue weighted by molar-refractivity contribution is 5.92. The first-order valence-corrected chi connectivity index (χ1v) is 6.43. The second kappa shape index (κ2) is 6.74. The van der Waals surface area contributed by atoms with E-state index in [0.717, 1.165) is 0 Å². The van der Waals surface area contributed by atoms with Gasteiger partial charge in [-0.3, -0.25) is 4.79 Å². The monoisotopic (exact) mass is 291 g/mol. The Morgan fingerprint density at radius 1 is 1.29 bits per heavy atom. The van der Waals surface area contributed by atoms with E-state index in [-0.39, 0.29) is 12.3 Å². The van der Waals surface area contributed by atoms with Gasteiger partial charge in [0.2, 0.25) is 17.7 Å². The normalized spacial score (nSPS) is 10.2. The second-order valence-electron chi connectivity index (χ2n) is 4.33. The van der Waals surface area contributed by atoms with E-state index in [9.17, 15) is 4.79 Å². The number of benzene rings is 1. The fourth-order valence-corrected chi connectivity index (χ4v) is 1.78. The zero-order valence-corrected chi connectivity index (χ0v) is 12.2. The van der Waals surface area contributed by atoms with Crippen LogP contribution in [0.25, 0.3) is 0 Å². The largest absolute Gasteiger partial charge is 0.497 e. The number of hydrogen-bond donors (Lipinski definition) is 1. The Morgan fingerprint density at radius 2 is 2.10 bits per heavy atom. The van der Waals surface area contributed by atoms with Crippen LogP contribution in [0.5, 0.6) is 11.5 Å². The molecule has 0 aliphatic rings. The summed E-state index contributed by atoms with van der Waals surface area (Å²) >= 11 is 0. The molecule has 0 bridgehead atoms. The number of carbonyl (C=O) groups is 1. The predicted molar refractivity (Wildman–Crippen MR) is 75.5 cm³/mol. The molecule has 0 aliphatic carbocycles. The summed E-state index contributed by atoms with van der Waals surface area (Å²) in [4.78, 5) is 12.0. The summed E-state index contributed by atoms with van der Waals surface area (Å²) in [5.74, 6) is 1.97. The van der Waals surface area contributed by atoms with Crippen molar-refractivity contribution < 1.29 is 18.7 Å². The topological polar surface area (TPSA) is 86.5 Å². The molecule has 0 atom stereocenters.